The lowest BCUT2D eigenvalue weighted by atomic mass is 9.87. The van der Waals surface area contributed by atoms with E-state index in [4.69, 9.17) is 10.6 Å². The summed E-state index contributed by atoms with van der Waals surface area (Å²) >= 11 is 0. The van der Waals surface area contributed by atoms with Crippen molar-refractivity contribution in [1.82, 2.24) is 9.97 Å². The number of hydrazine groups is 1. The van der Waals surface area contributed by atoms with E-state index < -0.39 is 0 Å². The number of ether oxygens (including phenoxy) is 1. The van der Waals surface area contributed by atoms with Crippen LogP contribution in [0.1, 0.15) is 26.3 Å². The van der Waals surface area contributed by atoms with E-state index in [1.54, 1.807) is 6.07 Å². The molecule has 5 heteroatoms. The average Bonchev–Trinajstić information content (AvgIpc) is 2.38. The summed E-state index contributed by atoms with van der Waals surface area (Å²) in [7, 11) is 0. The number of benzene rings is 1. The first-order valence-corrected chi connectivity index (χ1v) is 6.06. The van der Waals surface area contributed by atoms with Gasteiger partial charge in [-0.1, -0.05) is 32.9 Å². The van der Waals surface area contributed by atoms with Gasteiger partial charge in [-0.3, -0.25) is 0 Å². The van der Waals surface area contributed by atoms with Crippen LogP contribution in [-0.4, -0.2) is 9.97 Å². The van der Waals surface area contributed by atoms with Crippen LogP contribution in [0.4, 0.5) is 5.82 Å². The minimum atomic E-state index is 0.0784. The Morgan fingerprint density at radius 2 is 1.95 bits per heavy atom. The van der Waals surface area contributed by atoms with E-state index in [1.807, 2.05) is 18.2 Å². The third-order valence-electron chi connectivity index (χ3n) is 2.71. The lowest BCUT2D eigenvalue weighted by Gasteiger charge is -2.19. The summed E-state index contributed by atoms with van der Waals surface area (Å²) in [5.41, 5.74) is 3.74. The van der Waals surface area contributed by atoms with Crippen LogP contribution in [0.5, 0.6) is 11.6 Å². The van der Waals surface area contributed by atoms with E-state index in [0.717, 1.165) is 5.75 Å². The lowest BCUT2D eigenvalue weighted by molar-refractivity contribution is 0.458. The fraction of sp³-hybridized carbons (Fsp3) is 0.286. The Bertz CT molecular complexity index is 563. The Morgan fingerprint density at radius 1 is 1.16 bits per heavy atom. The molecular weight excluding hydrogens is 240 g/mol. The molecule has 0 radical (unpaired) electrons. The number of hydrogen-bond acceptors (Lipinski definition) is 5. The van der Waals surface area contributed by atoms with Crippen LogP contribution in [0.3, 0.4) is 0 Å². The predicted molar refractivity (Wildman–Crippen MR) is 75.1 cm³/mol. The molecule has 1 aromatic heterocycles. The third kappa shape index (κ3) is 3.42. The van der Waals surface area contributed by atoms with Gasteiger partial charge in [-0.25, -0.2) is 15.8 Å². The van der Waals surface area contributed by atoms with Crippen LogP contribution in [0, 0.1) is 0 Å². The maximum atomic E-state index is 5.71. The van der Waals surface area contributed by atoms with Crippen molar-refractivity contribution in [3.63, 3.8) is 0 Å². The van der Waals surface area contributed by atoms with Crippen LogP contribution in [0.2, 0.25) is 0 Å². The van der Waals surface area contributed by atoms with Crippen molar-refractivity contribution in [3.8, 4) is 11.6 Å². The fourth-order valence-electron chi connectivity index (χ4n) is 1.62. The molecule has 0 aliphatic heterocycles. The highest BCUT2D eigenvalue weighted by atomic mass is 16.5. The van der Waals surface area contributed by atoms with Gasteiger partial charge in [0.05, 0.1) is 0 Å². The van der Waals surface area contributed by atoms with E-state index in [-0.39, 0.29) is 5.41 Å². The summed E-state index contributed by atoms with van der Waals surface area (Å²) < 4.78 is 5.71. The number of rotatable bonds is 3. The number of nitrogens with two attached hydrogens (primary N) is 1. The summed E-state index contributed by atoms with van der Waals surface area (Å²) in [5, 5.41) is 0. The van der Waals surface area contributed by atoms with Gasteiger partial charge in [-0.05, 0) is 23.1 Å². The van der Waals surface area contributed by atoms with Crippen LogP contribution >= 0.6 is 0 Å². The maximum absolute atomic E-state index is 5.71. The second-order valence-corrected chi connectivity index (χ2v) is 5.27. The van der Waals surface area contributed by atoms with E-state index in [9.17, 15) is 0 Å². The molecule has 5 nitrogen and oxygen atoms in total. The average molecular weight is 258 g/mol. The smallest absolute Gasteiger partial charge is 0.224 e. The van der Waals surface area contributed by atoms with Crippen LogP contribution < -0.4 is 16.0 Å². The SMILES string of the molecule is CC(C)(C)c1cccc(Oc2cc(NN)ncn2)c1. The summed E-state index contributed by atoms with van der Waals surface area (Å²) in [6, 6.07) is 9.60. The van der Waals surface area contributed by atoms with Crippen molar-refractivity contribution in [2.75, 3.05) is 5.43 Å². The molecule has 0 saturated heterocycles. The minimum absolute atomic E-state index is 0.0784. The van der Waals surface area contributed by atoms with E-state index in [0.29, 0.717) is 11.7 Å². The van der Waals surface area contributed by atoms with Crippen molar-refractivity contribution in [2.45, 2.75) is 26.2 Å². The molecule has 1 aromatic carbocycles. The highest BCUT2D eigenvalue weighted by Crippen LogP contribution is 2.27. The van der Waals surface area contributed by atoms with E-state index >= 15 is 0 Å². The Kier molecular flexibility index (Phi) is 3.66. The molecular formula is C14H18N4O. The van der Waals surface area contributed by atoms with E-state index in [1.165, 1.54) is 11.9 Å². The molecule has 3 N–H and O–H groups in total. The Balaban J connectivity index is 2.23. The molecule has 0 unspecified atom stereocenters. The summed E-state index contributed by atoms with van der Waals surface area (Å²) in [6.07, 6.45) is 1.40. The standard InChI is InChI=1S/C14H18N4O/c1-14(2,3)10-5-4-6-11(7-10)19-13-8-12(18-15)16-9-17-13/h4-9H,15H2,1-3H3,(H,16,17,18). The first-order chi connectivity index (χ1) is 8.99. The van der Waals surface area contributed by atoms with Gasteiger partial charge >= 0.3 is 0 Å². The molecule has 0 bridgehead atoms. The van der Waals surface area contributed by atoms with Crippen molar-refractivity contribution < 1.29 is 4.74 Å². The molecule has 0 atom stereocenters. The highest BCUT2D eigenvalue weighted by Gasteiger charge is 2.14. The summed E-state index contributed by atoms with van der Waals surface area (Å²) in [5.74, 6) is 7.01. The molecule has 1 heterocycles. The van der Waals surface area contributed by atoms with Crippen LogP contribution in [0.25, 0.3) is 0 Å². The van der Waals surface area contributed by atoms with Gasteiger partial charge in [0.1, 0.15) is 17.9 Å². The van der Waals surface area contributed by atoms with Gasteiger partial charge in [0.25, 0.3) is 0 Å². The van der Waals surface area contributed by atoms with Gasteiger partial charge in [-0.2, -0.15) is 0 Å². The van der Waals surface area contributed by atoms with E-state index in [2.05, 4.69) is 42.2 Å². The molecule has 0 aliphatic rings. The molecule has 100 valence electrons. The van der Waals surface area contributed by atoms with Crippen molar-refractivity contribution in [3.05, 3.63) is 42.2 Å². The van der Waals surface area contributed by atoms with Gasteiger partial charge in [0.15, 0.2) is 0 Å². The summed E-state index contributed by atoms with van der Waals surface area (Å²) in [4.78, 5) is 7.97. The zero-order valence-corrected chi connectivity index (χ0v) is 11.3. The van der Waals surface area contributed by atoms with Gasteiger partial charge in [0.2, 0.25) is 5.88 Å². The number of anilines is 1. The Labute approximate surface area is 112 Å². The number of nitrogen functional groups attached to an aromatic ring is 1. The molecule has 0 saturated carbocycles. The Morgan fingerprint density at radius 3 is 2.63 bits per heavy atom. The van der Waals surface area contributed by atoms with Gasteiger partial charge in [0, 0.05) is 6.07 Å². The second-order valence-electron chi connectivity index (χ2n) is 5.27. The molecule has 19 heavy (non-hydrogen) atoms. The zero-order valence-electron chi connectivity index (χ0n) is 11.3. The molecule has 0 fully saturated rings. The minimum Gasteiger partial charge on any atom is -0.439 e. The van der Waals surface area contributed by atoms with Crippen molar-refractivity contribution in [1.29, 1.82) is 0 Å². The molecule has 0 amide bonds. The second kappa shape index (κ2) is 5.24. The number of hydrogen-bond donors (Lipinski definition) is 2. The van der Waals surface area contributed by atoms with Gasteiger partial charge < -0.3 is 10.2 Å². The van der Waals surface area contributed by atoms with Crippen molar-refractivity contribution in [2.24, 2.45) is 5.84 Å². The molecule has 0 aliphatic carbocycles. The molecule has 2 aromatic rings. The first kappa shape index (κ1) is 13.3. The lowest BCUT2D eigenvalue weighted by Crippen LogP contribution is -2.10. The largest absolute Gasteiger partial charge is 0.439 e. The summed E-state index contributed by atoms with van der Waals surface area (Å²) in [6.45, 7) is 6.48. The van der Waals surface area contributed by atoms with Crippen LogP contribution in [-0.2, 0) is 5.41 Å². The highest BCUT2D eigenvalue weighted by molar-refractivity contribution is 5.39. The van der Waals surface area contributed by atoms with Crippen molar-refractivity contribution >= 4 is 5.82 Å². The number of nitrogens with zero attached hydrogens (tertiary/aromatic N) is 2. The maximum Gasteiger partial charge on any atom is 0.224 e. The van der Waals surface area contributed by atoms with Crippen LogP contribution in [0.15, 0.2) is 36.7 Å². The monoisotopic (exact) mass is 258 g/mol. The zero-order chi connectivity index (χ0) is 13.9. The predicted octanol–water partition coefficient (Wildman–Crippen LogP) is 2.85. The number of aromatic nitrogens is 2. The fourth-order valence-corrected chi connectivity index (χ4v) is 1.62. The topological polar surface area (TPSA) is 73.1 Å². The Hall–Kier alpha value is -2.14. The quantitative estimate of drug-likeness (QED) is 0.654. The normalized spacial score (nSPS) is 11.2. The first-order valence-electron chi connectivity index (χ1n) is 6.06. The third-order valence-corrected chi connectivity index (χ3v) is 2.71. The van der Waals surface area contributed by atoms with Gasteiger partial charge in [-0.15, -0.1) is 0 Å². The molecule has 0 spiro atoms. The number of nitrogens with one attached hydrogen (secondary N) is 1. The molecule has 2 rings (SSSR count).